The fourth-order valence-electron chi connectivity index (χ4n) is 7.13. The first-order valence-electron chi connectivity index (χ1n) is 20.5. The average molecular weight is 742 g/mol. The van der Waals surface area contributed by atoms with Crippen molar-refractivity contribution in [3.63, 3.8) is 0 Å². The number of ether oxygens (including phenoxy) is 1. The van der Waals surface area contributed by atoms with E-state index < -0.39 is 72.2 Å². The molecule has 0 spiro atoms. The summed E-state index contributed by atoms with van der Waals surface area (Å²) >= 11 is 0. The summed E-state index contributed by atoms with van der Waals surface area (Å²) in [6.45, 7) is 3.74. The van der Waals surface area contributed by atoms with Crippen LogP contribution in [0.3, 0.4) is 0 Å². The number of carbonyl (C=O) groups excluding carboxylic acids is 4. The van der Waals surface area contributed by atoms with E-state index >= 15 is 0 Å². The van der Waals surface area contributed by atoms with Crippen molar-refractivity contribution in [1.82, 2.24) is 4.90 Å². The molecule has 2 amide bonds. The lowest BCUT2D eigenvalue weighted by atomic mass is 9.79. The van der Waals surface area contributed by atoms with Crippen molar-refractivity contribution in [3.8, 4) is 0 Å². The van der Waals surface area contributed by atoms with Gasteiger partial charge in [0.05, 0.1) is 18.8 Å². The van der Waals surface area contributed by atoms with E-state index in [0.29, 0.717) is 12.8 Å². The highest BCUT2D eigenvalue weighted by Gasteiger charge is 2.60. The van der Waals surface area contributed by atoms with E-state index in [1.54, 1.807) is 0 Å². The first-order chi connectivity index (χ1) is 24.9. The van der Waals surface area contributed by atoms with Crippen molar-refractivity contribution in [2.24, 2.45) is 28.9 Å². The van der Waals surface area contributed by atoms with Gasteiger partial charge < -0.3 is 42.2 Å². The first-order valence-corrected chi connectivity index (χ1v) is 20.5. The Hall–Kier alpha value is -2.00. The summed E-state index contributed by atoms with van der Waals surface area (Å²) in [7, 11) is 0. The van der Waals surface area contributed by atoms with E-state index in [0.717, 1.165) is 51.4 Å². The Kier molecular flexibility index (Phi) is 25.5. The number of primary amides is 1. The normalized spacial score (nSPS) is 22.9. The van der Waals surface area contributed by atoms with Crippen LogP contribution in [0.25, 0.3) is 0 Å². The van der Waals surface area contributed by atoms with Crippen LogP contribution in [0.2, 0.25) is 0 Å². The van der Waals surface area contributed by atoms with Gasteiger partial charge in [-0.3, -0.25) is 24.9 Å². The minimum Gasteiger partial charge on any atom is -0.394 e. The fourth-order valence-corrected chi connectivity index (χ4v) is 7.13. The van der Waals surface area contributed by atoms with E-state index in [4.69, 9.17) is 27.7 Å². The molecular weight excluding hydrogens is 666 g/mol. The quantitative estimate of drug-likeness (QED) is 0.0297. The van der Waals surface area contributed by atoms with Crippen LogP contribution >= 0.6 is 0 Å². The van der Waals surface area contributed by atoms with E-state index in [9.17, 15) is 34.5 Å². The van der Waals surface area contributed by atoms with Crippen molar-refractivity contribution in [2.45, 2.75) is 204 Å². The van der Waals surface area contributed by atoms with Gasteiger partial charge in [-0.2, -0.15) is 0 Å². The van der Waals surface area contributed by atoms with E-state index in [1.807, 2.05) is 0 Å². The molecular formula is C39H75N5O8. The molecule has 1 fully saturated rings. The van der Waals surface area contributed by atoms with Crippen LogP contribution in [-0.4, -0.2) is 93.0 Å². The van der Waals surface area contributed by atoms with Gasteiger partial charge in [0, 0.05) is 19.4 Å². The lowest BCUT2D eigenvalue weighted by Crippen LogP contribution is -2.76. The minimum absolute atomic E-state index is 0.0935. The number of nitrogens with zero attached hydrogens (tertiary/aromatic N) is 1. The van der Waals surface area contributed by atoms with Crippen LogP contribution in [0.5, 0.6) is 0 Å². The molecule has 0 aromatic heterocycles. The Balaban J connectivity index is 3.11. The molecule has 1 aliphatic heterocycles. The van der Waals surface area contributed by atoms with Crippen LogP contribution < -0.4 is 22.9 Å². The Morgan fingerprint density at radius 1 is 0.692 bits per heavy atom. The van der Waals surface area contributed by atoms with E-state index in [2.05, 4.69) is 13.8 Å². The number of hydrogen-bond donors (Lipinski definition) is 7. The second-order valence-corrected chi connectivity index (χ2v) is 15.0. The maximum absolute atomic E-state index is 14.0. The zero-order valence-electron chi connectivity index (χ0n) is 32.5. The fraction of sp³-hybridized carbons (Fsp3) is 0.897. The standard InChI is InChI=1S/C39H75N5O8/c1-3-5-7-9-11-13-14-15-17-19-21-23-27-44(32(47)24-22-20-18-16-12-10-8-6-4-2)39(43)33(38(51)36(49)30(28-45)52-39)37(50)34(42)35(48)29(40)25-26-31(41)46/h29-30,33-34,36,38,45,49,51H,3-28,40,42-43H2,1-2H3,(H2,41,46)/t29-,30+,33+,34?,36+,38+,39-/m0/s1. The molecule has 1 aliphatic rings. The van der Waals surface area contributed by atoms with Crippen molar-refractivity contribution in [3.05, 3.63) is 0 Å². The predicted molar refractivity (Wildman–Crippen MR) is 203 cm³/mol. The number of carbonyl (C=O) groups is 4. The Morgan fingerprint density at radius 3 is 1.58 bits per heavy atom. The first kappa shape index (κ1) is 48.0. The van der Waals surface area contributed by atoms with Crippen LogP contribution in [0.4, 0.5) is 0 Å². The zero-order valence-corrected chi connectivity index (χ0v) is 32.5. The van der Waals surface area contributed by atoms with Crippen LogP contribution in [0, 0.1) is 5.92 Å². The van der Waals surface area contributed by atoms with Crippen LogP contribution in [-0.2, 0) is 23.9 Å². The van der Waals surface area contributed by atoms with Gasteiger partial charge in [-0.1, -0.05) is 136 Å². The topological polar surface area (TPSA) is 246 Å². The molecule has 11 N–H and O–H groups in total. The molecule has 0 aromatic carbocycles. The molecule has 13 nitrogen and oxygen atoms in total. The molecule has 304 valence electrons. The van der Waals surface area contributed by atoms with Crippen LogP contribution in [0.1, 0.15) is 168 Å². The number of aliphatic hydroxyl groups is 3. The number of nitrogens with two attached hydrogens (primary N) is 4. The van der Waals surface area contributed by atoms with Gasteiger partial charge in [0.15, 0.2) is 11.6 Å². The van der Waals surface area contributed by atoms with Gasteiger partial charge in [0.25, 0.3) is 0 Å². The van der Waals surface area contributed by atoms with Crippen molar-refractivity contribution in [2.75, 3.05) is 13.2 Å². The molecule has 0 aromatic rings. The third-order valence-corrected chi connectivity index (χ3v) is 10.5. The molecule has 0 bridgehead atoms. The molecule has 1 unspecified atom stereocenters. The Morgan fingerprint density at radius 2 is 1.13 bits per heavy atom. The second-order valence-electron chi connectivity index (χ2n) is 15.0. The molecule has 7 atom stereocenters. The van der Waals surface area contributed by atoms with Crippen molar-refractivity contribution in [1.29, 1.82) is 0 Å². The number of ketones is 2. The number of unbranched alkanes of at least 4 members (excludes halogenated alkanes) is 19. The summed E-state index contributed by atoms with van der Waals surface area (Å²) in [6.07, 6.45) is 17.4. The number of amides is 2. The molecule has 0 radical (unpaired) electrons. The highest BCUT2D eigenvalue weighted by atomic mass is 16.6. The number of aliphatic hydroxyl groups excluding tert-OH is 3. The molecule has 1 heterocycles. The summed E-state index contributed by atoms with van der Waals surface area (Å²) in [4.78, 5) is 53.5. The highest BCUT2D eigenvalue weighted by Crippen LogP contribution is 2.36. The lowest BCUT2D eigenvalue weighted by Gasteiger charge is -2.53. The van der Waals surface area contributed by atoms with Crippen molar-refractivity contribution < 1.29 is 39.2 Å². The summed E-state index contributed by atoms with van der Waals surface area (Å²) < 4.78 is 5.98. The van der Waals surface area contributed by atoms with Gasteiger partial charge in [0.2, 0.25) is 17.7 Å². The predicted octanol–water partition coefficient (Wildman–Crippen LogP) is 3.84. The summed E-state index contributed by atoms with van der Waals surface area (Å²) in [5, 5.41) is 32.2. The minimum atomic E-state index is -2.33. The van der Waals surface area contributed by atoms with Gasteiger partial charge in [-0.05, 0) is 19.3 Å². The number of hydrogen-bond acceptors (Lipinski definition) is 11. The van der Waals surface area contributed by atoms with Gasteiger partial charge in [-0.15, -0.1) is 0 Å². The summed E-state index contributed by atoms with van der Waals surface area (Å²) in [6, 6.07) is -3.20. The third-order valence-electron chi connectivity index (χ3n) is 10.5. The van der Waals surface area contributed by atoms with Gasteiger partial charge in [0.1, 0.15) is 24.2 Å². The molecule has 1 saturated heterocycles. The molecule has 52 heavy (non-hydrogen) atoms. The SMILES string of the molecule is CCCCCCCCCCCCCCN(C(=O)CCCCCCCCCCC)[C@]1(N)O[C@H](CO)[C@@H](O)[C@H](O)[C@H]1C(=O)C(N)C(=O)[C@@H](N)CCC(N)=O. The number of rotatable bonds is 32. The summed E-state index contributed by atoms with van der Waals surface area (Å²) in [5.74, 6) is -7.22. The van der Waals surface area contributed by atoms with Gasteiger partial charge >= 0.3 is 0 Å². The van der Waals surface area contributed by atoms with Crippen LogP contribution in [0.15, 0.2) is 0 Å². The largest absolute Gasteiger partial charge is 0.394 e. The highest BCUT2D eigenvalue weighted by molar-refractivity contribution is 6.09. The van der Waals surface area contributed by atoms with E-state index in [1.165, 1.54) is 75.5 Å². The second kappa shape index (κ2) is 27.6. The maximum atomic E-state index is 14.0. The maximum Gasteiger partial charge on any atom is 0.225 e. The monoisotopic (exact) mass is 742 g/mol. The third kappa shape index (κ3) is 17.0. The Bertz CT molecular complexity index is 1020. The zero-order chi connectivity index (χ0) is 38.9. The Labute approximate surface area is 313 Å². The molecule has 13 heteroatoms. The lowest BCUT2D eigenvalue weighted by molar-refractivity contribution is -0.291. The molecule has 1 rings (SSSR count). The van der Waals surface area contributed by atoms with E-state index in [-0.39, 0.29) is 25.8 Å². The smallest absolute Gasteiger partial charge is 0.225 e. The average Bonchev–Trinajstić information content (AvgIpc) is 3.12. The van der Waals surface area contributed by atoms with Crippen molar-refractivity contribution >= 4 is 23.4 Å². The molecule has 0 aliphatic carbocycles. The van der Waals surface area contributed by atoms with Gasteiger partial charge in [-0.25, -0.2) is 0 Å². The summed E-state index contributed by atoms with van der Waals surface area (Å²) in [5.41, 5.74) is 24.1. The number of Topliss-reactive ketones (excluding diaryl/α,β-unsaturated/α-hetero) is 2. The molecule has 0 saturated carbocycles.